The van der Waals surface area contributed by atoms with Crippen LogP contribution in [0.2, 0.25) is 0 Å². The summed E-state index contributed by atoms with van der Waals surface area (Å²) in [5.74, 6) is -0.189. The van der Waals surface area contributed by atoms with Crippen molar-refractivity contribution < 1.29 is 19.7 Å². The van der Waals surface area contributed by atoms with Gasteiger partial charge in [-0.05, 0) is 52.6 Å². The molecular formula is C44H30O4. The first-order valence-electron chi connectivity index (χ1n) is 15.8. The number of fused-ring (bicyclic) bond motifs is 1. The Kier molecular flexibility index (Phi) is 7.11. The van der Waals surface area contributed by atoms with E-state index in [4.69, 9.17) is 4.74 Å². The van der Waals surface area contributed by atoms with E-state index in [0.717, 1.165) is 22.3 Å². The number of phenolic OH excluding ortho intramolecular Hbond substituents is 2. The molecule has 0 saturated carbocycles. The quantitative estimate of drug-likeness (QED) is 0.181. The smallest absolute Gasteiger partial charge is 0.340 e. The lowest BCUT2D eigenvalue weighted by molar-refractivity contribution is 0.0252. The number of carbonyl (C=O) groups is 1. The van der Waals surface area contributed by atoms with Gasteiger partial charge in [0.15, 0.2) is 5.60 Å². The molecular weight excluding hydrogens is 592 g/mol. The predicted octanol–water partition coefficient (Wildman–Crippen LogP) is 10.2. The average molecular weight is 623 g/mol. The minimum absolute atomic E-state index is 0.129. The predicted molar refractivity (Wildman–Crippen MR) is 190 cm³/mol. The van der Waals surface area contributed by atoms with E-state index in [1.54, 1.807) is 6.07 Å². The highest BCUT2D eigenvalue weighted by Crippen LogP contribution is 2.53. The van der Waals surface area contributed by atoms with E-state index in [2.05, 4.69) is 0 Å². The number of esters is 1. The fourth-order valence-electron chi connectivity index (χ4n) is 6.84. The third-order valence-electron chi connectivity index (χ3n) is 9.14. The molecule has 48 heavy (non-hydrogen) atoms. The Bertz CT molecular complexity index is 2030. The van der Waals surface area contributed by atoms with Crippen LogP contribution in [0.1, 0.15) is 27.0 Å². The number of aromatic hydroxyl groups is 2. The molecule has 0 amide bonds. The number of hydrogen-bond acceptors (Lipinski definition) is 4. The van der Waals surface area contributed by atoms with E-state index in [1.165, 1.54) is 0 Å². The van der Waals surface area contributed by atoms with Gasteiger partial charge in [-0.1, -0.05) is 140 Å². The van der Waals surface area contributed by atoms with Crippen molar-refractivity contribution in [3.8, 4) is 56.0 Å². The van der Waals surface area contributed by atoms with Crippen LogP contribution in [0.4, 0.5) is 0 Å². The zero-order chi connectivity index (χ0) is 32.7. The van der Waals surface area contributed by atoms with Gasteiger partial charge in [-0.25, -0.2) is 4.79 Å². The number of carbonyl (C=O) groups excluding carboxylic acids is 1. The van der Waals surface area contributed by atoms with Gasteiger partial charge in [0, 0.05) is 38.9 Å². The van der Waals surface area contributed by atoms with Crippen LogP contribution in [0.25, 0.3) is 44.5 Å². The zero-order valence-corrected chi connectivity index (χ0v) is 25.9. The van der Waals surface area contributed by atoms with Crippen LogP contribution in [0.3, 0.4) is 0 Å². The van der Waals surface area contributed by atoms with Crippen molar-refractivity contribution in [3.63, 3.8) is 0 Å². The summed E-state index contributed by atoms with van der Waals surface area (Å²) in [6.45, 7) is 0. The number of hydrogen-bond donors (Lipinski definition) is 2. The van der Waals surface area contributed by atoms with E-state index in [9.17, 15) is 15.0 Å². The lowest BCUT2D eigenvalue weighted by Gasteiger charge is -2.32. The molecule has 1 aliphatic rings. The molecule has 0 atom stereocenters. The molecule has 1 heterocycles. The molecule has 0 aromatic heterocycles. The minimum Gasteiger partial charge on any atom is -0.507 e. The Hall–Kier alpha value is -6.39. The summed E-state index contributed by atoms with van der Waals surface area (Å²) in [4.78, 5) is 13.9. The fraction of sp³-hybridized carbons (Fsp3) is 0.0227. The molecule has 0 radical (unpaired) electrons. The molecule has 0 fully saturated rings. The third-order valence-corrected chi connectivity index (χ3v) is 9.14. The van der Waals surface area contributed by atoms with Crippen LogP contribution in [-0.4, -0.2) is 16.2 Å². The molecule has 0 spiro atoms. The first-order valence-corrected chi connectivity index (χ1v) is 15.8. The number of benzene rings is 7. The van der Waals surface area contributed by atoms with Gasteiger partial charge in [0.05, 0.1) is 5.56 Å². The third kappa shape index (κ3) is 4.74. The molecule has 0 unspecified atom stereocenters. The summed E-state index contributed by atoms with van der Waals surface area (Å²) in [6, 6.07) is 54.0. The van der Waals surface area contributed by atoms with Gasteiger partial charge in [-0.3, -0.25) is 0 Å². The molecule has 7 aromatic rings. The topological polar surface area (TPSA) is 66.8 Å². The normalized spacial score (nSPS) is 13.1. The molecule has 0 aliphatic carbocycles. The first-order chi connectivity index (χ1) is 23.5. The van der Waals surface area contributed by atoms with Crippen molar-refractivity contribution in [2.24, 2.45) is 0 Å². The maximum atomic E-state index is 13.9. The van der Waals surface area contributed by atoms with Gasteiger partial charge in [-0.15, -0.1) is 0 Å². The molecule has 7 aromatic carbocycles. The van der Waals surface area contributed by atoms with Crippen LogP contribution in [0, 0.1) is 0 Å². The van der Waals surface area contributed by atoms with Crippen molar-refractivity contribution in [1.82, 2.24) is 0 Å². The van der Waals surface area contributed by atoms with Crippen LogP contribution in [-0.2, 0) is 10.3 Å². The lowest BCUT2D eigenvalue weighted by atomic mass is 9.76. The molecule has 8 rings (SSSR count). The highest BCUT2D eigenvalue weighted by atomic mass is 16.6. The summed E-state index contributed by atoms with van der Waals surface area (Å²) in [5, 5.41) is 23.7. The molecule has 0 saturated heterocycles. The van der Waals surface area contributed by atoms with Gasteiger partial charge >= 0.3 is 5.97 Å². The van der Waals surface area contributed by atoms with Gasteiger partial charge in [-0.2, -0.15) is 0 Å². The Morgan fingerprint density at radius 2 is 0.708 bits per heavy atom. The van der Waals surface area contributed by atoms with Crippen LogP contribution in [0.15, 0.2) is 170 Å². The first kappa shape index (κ1) is 29.0. The maximum absolute atomic E-state index is 13.9. The number of cyclic esters (lactones) is 1. The SMILES string of the molecule is O=C1OC(c2cc(-c3ccccc3)c(O)c(-c3ccccc3)c2)(c2cc(-c3ccccc3)c(O)c(-c3ccccc3)c2)c2ccccc21. The summed E-state index contributed by atoms with van der Waals surface area (Å²) in [5.41, 5.74) is 6.78. The van der Waals surface area contributed by atoms with Gasteiger partial charge < -0.3 is 14.9 Å². The zero-order valence-electron chi connectivity index (χ0n) is 25.9. The highest BCUT2D eigenvalue weighted by molar-refractivity contribution is 5.97. The lowest BCUT2D eigenvalue weighted by Crippen LogP contribution is -2.30. The highest BCUT2D eigenvalue weighted by Gasteiger charge is 2.49. The second kappa shape index (κ2) is 11.8. The minimum atomic E-state index is -1.42. The fourth-order valence-corrected chi connectivity index (χ4v) is 6.84. The number of rotatable bonds is 6. The average Bonchev–Trinajstić information content (AvgIpc) is 3.46. The van der Waals surface area contributed by atoms with Crippen molar-refractivity contribution in [2.45, 2.75) is 5.60 Å². The summed E-state index contributed by atoms with van der Waals surface area (Å²) >= 11 is 0. The second-order valence-electron chi connectivity index (χ2n) is 11.9. The molecule has 2 N–H and O–H groups in total. The Morgan fingerprint density at radius 3 is 1.06 bits per heavy atom. The Balaban J connectivity index is 1.50. The van der Waals surface area contributed by atoms with Gasteiger partial charge in [0.2, 0.25) is 0 Å². The molecule has 1 aliphatic heterocycles. The van der Waals surface area contributed by atoms with E-state index < -0.39 is 11.6 Å². The summed E-state index contributed by atoms with van der Waals surface area (Å²) in [7, 11) is 0. The maximum Gasteiger partial charge on any atom is 0.340 e. The largest absolute Gasteiger partial charge is 0.507 e. The van der Waals surface area contributed by atoms with E-state index >= 15 is 0 Å². The molecule has 0 bridgehead atoms. The van der Waals surface area contributed by atoms with Crippen molar-refractivity contribution >= 4 is 5.97 Å². The Labute approximate surface area is 278 Å². The molecule has 230 valence electrons. The van der Waals surface area contributed by atoms with Crippen molar-refractivity contribution in [3.05, 3.63) is 192 Å². The van der Waals surface area contributed by atoms with E-state index in [-0.39, 0.29) is 11.5 Å². The van der Waals surface area contributed by atoms with Gasteiger partial charge in [0.1, 0.15) is 11.5 Å². The monoisotopic (exact) mass is 622 g/mol. The van der Waals surface area contributed by atoms with Crippen molar-refractivity contribution in [2.75, 3.05) is 0 Å². The van der Waals surface area contributed by atoms with E-state index in [0.29, 0.717) is 44.5 Å². The second-order valence-corrected chi connectivity index (χ2v) is 11.9. The Morgan fingerprint density at radius 1 is 0.396 bits per heavy atom. The summed E-state index contributed by atoms with van der Waals surface area (Å²) in [6.07, 6.45) is 0. The van der Waals surface area contributed by atoms with E-state index in [1.807, 2.05) is 164 Å². The summed E-state index contributed by atoms with van der Waals surface area (Å²) < 4.78 is 6.63. The number of phenols is 2. The molecule has 4 nitrogen and oxygen atoms in total. The van der Waals surface area contributed by atoms with Crippen LogP contribution >= 0.6 is 0 Å². The van der Waals surface area contributed by atoms with Crippen LogP contribution in [0.5, 0.6) is 11.5 Å². The van der Waals surface area contributed by atoms with Gasteiger partial charge in [0.25, 0.3) is 0 Å². The van der Waals surface area contributed by atoms with Crippen LogP contribution < -0.4 is 0 Å². The molecule has 4 heteroatoms. The van der Waals surface area contributed by atoms with Crippen molar-refractivity contribution in [1.29, 1.82) is 0 Å². The standard InChI is InChI=1S/C44H30O4/c45-41-36(29-15-5-1-6-16-29)25-33(26-37(41)30-17-7-2-8-18-30)44(40-24-14-13-23-35(40)43(47)48-44)34-27-38(31-19-9-3-10-20-31)42(46)39(28-34)32-21-11-4-12-22-32/h1-28,45-46H. The number of ether oxygens (including phenoxy) is 1.